The Morgan fingerprint density at radius 3 is 2.00 bits per heavy atom. The highest BCUT2D eigenvalue weighted by molar-refractivity contribution is 6.30. The number of benzene rings is 2. The van der Waals surface area contributed by atoms with Gasteiger partial charge < -0.3 is 0 Å². The van der Waals surface area contributed by atoms with Crippen LogP contribution in [0.2, 0.25) is 5.02 Å². The van der Waals surface area contributed by atoms with Gasteiger partial charge in [0, 0.05) is 18.1 Å². The molecule has 0 unspecified atom stereocenters. The van der Waals surface area contributed by atoms with Gasteiger partial charge in [-0.3, -0.25) is 4.84 Å². The van der Waals surface area contributed by atoms with Gasteiger partial charge in [0.05, 0.1) is 6.61 Å². The molecule has 3 rings (SSSR count). The molecule has 0 aromatic heterocycles. The summed E-state index contributed by atoms with van der Waals surface area (Å²) in [5.74, 6) is 0. The van der Waals surface area contributed by atoms with Crippen molar-refractivity contribution in [3.63, 3.8) is 0 Å². The third-order valence-corrected chi connectivity index (χ3v) is 4.11. The van der Waals surface area contributed by atoms with E-state index in [0.717, 1.165) is 18.1 Å². The smallest absolute Gasteiger partial charge is 0.0935 e. The van der Waals surface area contributed by atoms with Crippen LogP contribution in [0, 0.1) is 0 Å². The first-order chi connectivity index (χ1) is 10.3. The van der Waals surface area contributed by atoms with E-state index >= 15 is 0 Å². The second-order valence-electron chi connectivity index (χ2n) is 5.47. The van der Waals surface area contributed by atoms with Crippen molar-refractivity contribution in [2.24, 2.45) is 0 Å². The first-order valence-electron chi connectivity index (χ1n) is 7.54. The van der Waals surface area contributed by atoms with Gasteiger partial charge in [0.25, 0.3) is 0 Å². The summed E-state index contributed by atoms with van der Waals surface area (Å²) in [7, 11) is 0. The molecule has 0 amide bonds. The Balaban J connectivity index is 1.59. The number of hydrogen-bond donors (Lipinski definition) is 0. The molecule has 0 saturated carbocycles. The zero-order valence-corrected chi connectivity index (χ0v) is 12.9. The van der Waals surface area contributed by atoms with Crippen LogP contribution in [0.5, 0.6) is 0 Å². The van der Waals surface area contributed by atoms with Gasteiger partial charge in [-0.05, 0) is 41.7 Å². The highest BCUT2D eigenvalue weighted by Crippen LogP contribution is 2.22. The summed E-state index contributed by atoms with van der Waals surface area (Å²) in [6.07, 6.45) is 3.82. The fourth-order valence-electron chi connectivity index (χ4n) is 2.60. The summed E-state index contributed by atoms with van der Waals surface area (Å²) in [5.41, 5.74) is 3.59. The van der Waals surface area contributed by atoms with Crippen LogP contribution in [0.1, 0.15) is 24.8 Å². The third-order valence-electron chi connectivity index (χ3n) is 3.86. The normalized spacial score (nSPS) is 16.0. The third kappa shape index (κ3) is 4.07. The molecule has 0 spiro atoms. The number of nitrogens with zero attached hydrogens (tertiary/aromatic N) is 1. The summed E-state index contributed by atoms with van der Waals surface area (Å²) >= 11 is 5.92. The SMILES string of the molecule is Clc1ccc(-c2ccc(CON3CCCCC3)cc2)cc1. The van der Waals surface area contributed by atoms with Crippen molar-refractivity contribution in [1.29, 1.82) is 0 Å². The van der Waals surface area contributed by atoms with Gasteiger partial charge in [-0.1, -0.05) is 54.4 Å². The van der Waals surface area contributed by atoms with Crippen LogP contribution in [-0.2, 0) is 11.4 Å². The number of rotatable bonds is 4. The van der Waals surface area contributed by atoms with E-state index in [0.29, 0.717) is 6.61 Å². The fourth-order valence-corrected chi connectivity index (χ4v) is 2.72. The first-order valence-corrected chi connectivity index (χ1v) is 7.92. The van der Waals surface area contributed by atoms with E-state index in [1.807, 2.05) is 24.3 Å². The highest BCUT2D eigenvalue weighted by atomic mass is 35.5. The van der Waals surface area contributed by atoms with Gasteiger partial charge in [0.2, 0.25) is 0 Å². The van der Waals surface area contributed by atoms with Crippen molar-refractivity contribution in [1.82, 2.24) is 5.06 Å². The Morgan fingerprint density at radius 2 is 1.38 bits per heavy atom. The number of piperidine rings is 1. The second kappa shape index (κ2) is 7.08. The second-order valence-corrected chi connectivity index (χ2v) is 5.90. The summed E-state index contributed by atoms with van der Waals surface area (Å²) in [4.78, 5) is 5.85. The Labute approximate surface area is 131 Å². The van der Waals surface area contributed by atoms with E-state index < -0.39 is 0 Å². The first kappa shape index (κ1) is 14.6. The Bertz CT molecular complexity index is 559. The molecule has 2 nitrogen and oxygen atoms in total. The minimum Gasteiger partial charge on any atom is -0.294 e. The minimum absolute atomic E-state index is 0.654. The number of halogens is 1. The molecule has 1 saturated heterocycles. The number of hydrogen-bond acceptors (Lipinski definition) is 2. The van der Waals surface area contributed by atoms with E-state index in [-0.39, 0.29) is 0 Å². The molecule has 1 heterocycles. The largest absolute Gasteiger partial charge is 0.294 e. The predicted octanol–water partition coefficient (Wildman–Crippen LogP) is 4.92. The standard InChI is InChI=1S/C18H20ClNO/c19-18-10-8-17(9-11-18)16-6-4-15(5-7-16)14-21-20-12-2-1-3-13-20/h4-11H,1-3,12-14H2. The van der Waals surface area contributed by atoms with Gasteiger partial charge in [-0.2, -0.15) is 5.06 Å². The van der Waals surface area contributed by atoms with Crippen LogP contribution < -0.4 is 0 Å². The maximum absolute atomic E-state index is 5.92. The maximum atomic E-state index is 5.92. The zero-order valence-electron chi connectivity index (χ0n) is 12.1. The van der Waals surface area contributed by atoms with Gasteiger partial charge in [0.15, 0.2) is 0 Å². The van der Waals surface area contributed by atoms with Gasteiger partial charge in [-0.25, -0.2) is 0 Å². The Hall–Kier alpha value is -1.35. The lowest BCUT2D eigenvalue weighted by atomic mass is 10.0. The molecule has 1 aliphatic rings. The minimum atomic E-state index is 0.654. The zero-order chi connectivity index (χ0) is 14.5. The van der Waals surface area contributed by atoms with Crippen LogP contribution in [0.25, 0.3) is 11.1 Å². The molecule has 0 N–H and O–H groups in total. The van der Waals surface area contributed by atoms with E-state index in [4.69, 9.17) is 16.4 Å². The molecule has 3 heteroatoms. The quantitative estimate of drug-likeness (QED) is 0.794. The highest BCUT2D eigenvalue weighted by Gasteiger charge is 2.10. The van der Waals surface area contributed by atoms with Crippen molar-refractivity contribution in [2.45, 2.75) is 25.9 Å². The molecule has 1 fully saturated rings. The maximum Gasteiger partial charge on any atom is 0.0935 e. The lowest BCUT2D eigenvalue weighted by molar-refractivity contribution is -0.178. The summed E-state index contributed by atoms with van der Waals surface area (Å²) in [5, 5.41) is 2.86. The fraction of sp³-hybridized carbons (Fsp3) is 0.333. The van der Waals surface area contributed by atoms with Gasteiger partial charge >= 0.3 is 0 Å². The van der Waals surface area contributed by atoms with E-state index in [1.165, 1.54) is 36.0 Å². The molecule has 2 aromatic rings. The lowest BCUT2D eigenvalue weighted by Crippen LogP contribution is -2.29. The topological polar surface area (TPSA) is 12.5 Å². The Morgan fingerprint density at radius 1 is 0.810 bits per heavy atom. The van der Waals surface area contributed by atoms with Crippen molar-refractivity contribution >= 4 is 11.6 Å². The molecule has 0 radical (unpaired) electrons. The van der Waals surface area contributed by atoms with Gasteiger partial charge in [0.1, 0.15) is 0 Å². The Kier molecular flexibility index (Phi) is 4.91. The summed E-state index contributed by atoms with van der Waals surface area (Å²) in [6.45, 7) is 2.77. The van der Waals surface area contributed by atoms with Crippen LogP contribution in [0.4, 0.5) is 0 Å². The van der Waals surface area contributed by atoms with Crippen LogP contribution in [0.15, 0.2) is 48.5 Å². The lowest BCUT2D eigenvalue weighted by Gasteiger charge is -2.25. The predicted molar refractivity (Wildman–Crippen MR) is 87.1 cm³/mol. The van der Waals surface area contributed by atoms with E-state index in [1.54, 1.807) is 0 Å². The van der Waals surface area contributed by atoms with Crippen molar-refractivity contribution in [3.8, 4) is 11.1 Å². The molecule has 2 aromatic carbocycles. The van der Waals surface area contributed by atoms with Crippen LogP contribution in [0.3, 0.4) is 0 Å². The van der Waals surface area contributed by atoms with Crippen molar-refractivity contribution < 1.29 is 4.84 Å². The molecule has 21 heavy (non-hydrogen) atoms. The number of hydroxylamine groups is 2. The molecule has 0 bridgehead atoms. The average molecular weight is 302 g/mol. The van der Waals surface area contributed by atoms with E-state index in [9.17, 15) is 0 Å². The summed E-state index contributed by atoms with van der Waals surface area (Å²) in [6, 6.07) is 16.5. The van der Waals surface area contributed by atoms with Crippen LogP contribution >= 0.6 is 11.6 Å². The average Bonchev–Trinajstić information content (AvgIpc) is 2.55. The molecule has 0 aliphatic carbocycles. The molecular formula is C18H20ClNO. The van der Waals surface area contributed by atoms with Crippen molar-refractivity contribution in [3.05, 3.63) is 59.1 Å². The molecule has 0 atom stereocenters. The monoisotopic (exact) mass is 301 g/mol. The molecule has 1 aliphatic heterocycles. The van der Waals surface area contributed by atoms with Gasteiger partial charge in [-0.15, -0.1) is 0 Å². The molecule has 110 valence electrons. The summed E-state index contributed by atoms with van der Waals surface area (Å²) < 4.78 is 0. The van der Waals surface area contributed by atoms with Crippen LogP contribution in [-0.4, -0.2) is 18.2 Å². The van der Waals surface area contributed by atoms with E-state index in [2.05, 4.69) is 29.3 Å². The molecular weight excluding hydrogens is 282 g/mol. The van der Waals surface area contributed by atoms with Crippen molar-refractivity contribution in [2.75, 3.05) is 13.1 Å².